The smallest absolute Gasteiger partial charge is 0.271 e. The zero-order valence-electron chi connectivity index (χ0n) is 25.0. The molecule has 1 aliphatic carbocycles. The topological polar surface area (TPSA) is 96.8 Å². The van der Waals surface area contributed by atoms with E-state index in [1.165, 1.54) is 31.9 Å². The molecule has 3 atom stereocenters. The van der Waals surface area contributed by atoms with Crippen LogP contribution in [0.5, 0.6) is 0 Å². The summed E-state index contributed by atoms with van der Waals surface area (Å²) < 4.78 is 13.2. The third-order valence-corrected chi connectivity index (χ3v) is 8.64. The van der Waals surface area contributed by atoms with Crippen molar-refractivity contribution < 1.29 is 19.4 Å². The molecule has 2 fully saturated rings. The molecule has 0 radical (unpaired) electrons. The molecule has 228 valence electrons. The number of benzene rings is 3. The number of aromatic nitrogens is 2. The predicted octanol–water partition coefficient (Wildman–Crippen LogP) is 6.03. The van der Waals surface area contributed by atoms with E-state index in [0.717, 1.165) is 47.3 Å². The van der Waals surface area contributed by atoms with Crippen LogP contribution >= 0.6 is 0 Å². The third-order valence-electron chi connectivity index (χ3n) is 8.64. The van der Waals surface area contributed by atoms with E-state index in [4.69, 9.17) is 9.47 Å². The van der Waals surface area contributed by atoms with E-state index >= 15 is 0 Å². The number of carbonyl (C=O) groups excluding carboxylic acids is 1. The number of rotatable bonds is 11. The highest BCUT2D eigenvalue weighted by molar-refractivity contribution is 5.93. The zero-order valence-corrected chi connectivity index (χ0v) is 25.0. The average Bonchev–Trinajstić information content (AvgIpc) is 3.62. The Morgan fingerprint density at radius 3 is 2.39 bits per heavy atom. The van der Waals surface area contributed by atoms with Gasteiger partial charge in [0, 0.05) is 37.7 Å². The van der Waals surface area contributed by atoms with Crippen LogP contribution in [0.25, 0.3) is 11.0 Å². The van der Waals surface area contributed by atoms with Gasteiger partial charge in [0.05, 0.1) is 36.0 Å². The molecule has 0 bridgehead atoms. The van der Waals surface area contributed by atoms with Crippen molar-refractivity contribution in [3.63, 3.8) is 0 Å². The highest BCUT2D eigenvalue weighted by atomic mass is 16.7. The molecule has 1 saturated carbocycles. The quantitative estimate of drug-likeness (QED) is 0.205. The highest BCUT2D eigenvalue weighted by Gasteiger charge is 2.34. The molecule has 1 aliphatic heterocycles. The third kappa shape index (κ3) is 7.22. The number of ether oxygens (including phenoxy) is 2. The highest BCUT2D eigenvalue weighted by Crippen LogP contribution is 2.39. The van der Waals surface area contributed by atoms with Crippen molar-refractivity contribution in [2.45, 2.75) is 69.8 Å². The van der Waals surface area contributed by atoms with Gasteiger partial charge in [0.2, 0.25) is 0 Å². The van der Waals surface area contributed by atoms with Crippen molar-refractivity contribution in [3.8, 4) is 0 Å². The van der Waals surface area contributed by atoms with Crippen LogP contribution in [0.1, 0.15) is 77.2 Å². The fourth-order valence-corrected chi connectivity index (χ4v) is 6.23. The van der Waals surface area contributed by atoms with Gasteiger partial charge in [0.15, 0.2) is 6.29 Å². The summed E-state index contributed by atoms with van der Waals surface area (Å²) >= 11 is 0. The number of amides is 1. The molecule has 2 N–H and O–H groups in total. The number of nitrogens with zero attached hydrogens (tertiary/aromatic N) is 3. The van der Waals surface area contributed by atoms with Crippen molar-refractivity contribution in [2.75, 3.05) is 13.1 Å². The van der Waals surface area contributed by atoms with E-state index in [-0.39, 0.29) is 30.4 Å². The molecule has 2 aliphatic rings. The number of nitrogens with one attached hydrogen (secondary N) is 1. The molecule has 4 aromatic rings. The molecule has 8 heteroatoms. The summed E-state index contributed by atoms with van der Waals surface area (Å²) in [7, 11) is 0. The van der Waals surface area contributed by atoms with Gasteiger partial charge in [0.25, 0.3) is 5.91 Å². The first-order valence-corrected chi connectivity index (χ1v) is 15.5. The van der Waals surface area contributed by atoms with Crippen LogP contribution in [0.3, 0.4) is 0 Å². The summed E-state index contributed by atoms with van der Waals surface area (Å²) in [4.78, 5) is 24.1. The maximum atomic E-state index is 12.8. The number of hydrogen-bond acceptors (Lipinski definition) is 7. The molecular weight excluding hydrogens is 552 g/mol. The lowest BCUT2D eigenvalue weighted by atomic mass is 9.99. The number of para-hydroxylation sites is 2. The fourth-order valence-electron chi connectivity index (χ4n) is 6.23. The van der Waals surface area contributed by atoms with Gasteiger partial charge < -0.3 is 19.9 Å². The molecule has 2 heterocycles. The second-order valence-corrected chi connectivity index (χ2v) is 11.7. The van der Waals surface area contributed by atoms with Crippen LogP contribution in [0.2, 0.25) is 0 Å². The summed E-state index contributed by atoms with van der Waals surface area (Å²) in [6.45, 7) is 6.05. The molecule has 1 saturated heterocycles. The second-order valence-electron chi connectivity index (χ2n) is 11.7. The van der Waals surface area contributed by atoms with Gasteiger partial charge in [-0.05, 0) is 41.7 Å². The maximum Gasteiger partial charge on any atom is 0.271 e. The first-order valence-electron chi connectivity index (χ1n) is 15.5. The second kappa shape index (κ2) is 14.2. The summed E-state index contributed by atoms with van der Waals surface area (Å²) in [6, 6.07) is 24.0. The van der Waals surface area contributed by atoms with Crippen LogP contribution in [-0.4, -0.2) is 51.1 Å². The normalized spacial score (nSPS) is 20.6. The Balaban J connectivity index is 1.14. The van der Waals surface area contributed by atoms with Crippen LogP contribution in [0.15, 0.2) is 91.6 Å². The number of fused-ring (bicyclic) bond motifs is 1. The van der Waals surface area contributed by atoms with Crippen LogP contribution in [0, 0.1) is 0 Å². The first-order chi connectivity index (χ1) is 21.6. The van der Waals surface area contributed by atoms with Gasteiger partial charge in [-0.1, -0.05) is 79.6 Å². The Morgan fingerprint density at radius 1 is 0.955 bits per heavy atom. The number of aliphatic hydroxyl groups excluding tert-OH is 1. The summed E-state index contributed by atoms with van der Waals surface area (Å²) in [5.41, 5.74) is 5.57. The minimum atomic E-state index is -0.526. The largest absolute Gasteiger partial charge is 0.392 e. The summed E-state index contributed by atoms with van der Waals surface area (Å²) in [5.74, 6) is -0.268. The van der Waals surface area contributed by atoms with E-state index in [9.17, 15) is 9.90 Å². The standard InChI is InChI=1S/C36H40N4O4/c1-2-19-40(29-7-3-4-8-29)23-30-20-34(27-15-13-26(24-41)14-16-27)44-36(43-30)28-17-11-25(12-18-28)21-38-35(42)33-22-37-31-9-5-6-10-32(31)39-33/h2,5-6,9-18,22,29-30,34,36,41H,1,3-4,7-8,19-21,23-24H2,(H,38,42). The number of carbonyl (C=O) groups is 1. The van der Waals surface area contributed by atoms with E-state index in [0.29, 0.717) is 18.1 Å². The Morgan fingerprint density at radius 2 is 1.66 bits per heavy atom. The average molecular weight is 593 g/mol. The SMILES string of the molecule is C=CCN(CC1CC(c2ccc(CO)cc2)OC(c2ccc(CNC(=O)c3cnc4ccccc4n3)cc2)O1)C1CCCC1. The summed E-state index contributed by atoms with van der Waals surface area (Å²) in [5, 5.41) is 12.5. The molecular formula is C36H40N4O4. The lowest BCUT2D eigenvalue weighted by Gasteiger charge is -2.39. The lowest BCUT2D eigenvalue weighted by molar-refractivity contribution is -0.253. The maximum absolute atomic E-state index is 12.8. The van der Waals surface area contributed by atoms with Gasteiger partial charge in [-0.3, -0.25) is 14.7 Å². The van der Waals surface area contributed by atoms with Gasteiger partial charge >= 0.3 is 0 Å². The molecule has 3 aromatic carbocycles. The monoisotopic (exact) mass is 592 g/mol. The minimum Gasteiger partial charge on any atom is -0.392 e. The van der Waals surface area contributed by atoms with Gasteiger partial charge in [-0.25, -0.2) is 4.98 Å². The van der Waals surface area contributed by atoms with Crippen LogP contribution in [-0.2, 0) is 22.6 Å². The molecule has 1 aromatic heterocycles. The van der Waals surface area contributed by atoms with E-state index in [1.54, 1.807) is 0 Å². The minimum absolute atomic E-state index is 0.0144. The van der Waals surface area contributed by atoms with Crippen molar-refractivity contribution in [1.29, 1.82) is 0 Å². The Bertz CT molecular complexity index is 1550. The van der Waals surface area contributed by atoms with E-state index < -0.39 is 6.29 Å². The van der Waals surface area contributed by atoms with Crippen LogP contribution in [0.4, 0.5) is 0 Å². The Hall–Kier alpha value is -3.95. The number of hydrogen-bond donors (Lipinski definition) is 2. The Labute approximate surface area is 258 Å². The van der Waals surface area contributed by atoms with E-state index in [2.05, 4.69) is 26.8 Å². The molecule has 44 heavy (non-hydrogen) atoms. The van der Waals surface area contributed by atoms with Crippen LogP contribution < -0.4 is 5.32 Å². The molecule has 0 spiro atoms. The molecule has 6 rings (SSSR count). The fraction of sp³-hybridized carbons (Fsp3) is 0.361. The van der Waals surface area contributed by atoms with Gasteiger partial charge in [0.1, 0.15) is 5.69 Å². The first kappa shape index (κ1) is 30.1. The van der Waals surface area contributed by atoms with Crippen molar-refractivity contribution in [1.82, 2.24) is 20.2 Å². The number of aliphatic hydroxyl groups is 1. The molecule has 8 nitrogen and oxygen atoms in total. The zero-order chi connectivity index (χ0) is 30.3. The molecule has 1 amide bonds. The van der Waals surface area contributed by atoms with Crippen molar-refractivity contribution in [2.24, 2.45) is 0 Å². The van der Waals surface area contributed by atoms with Crippen molar-refractivity contribution >= 4 is 16.9 Å². The van der Waals surface area contributed by atoms with E-state index in [1.807, 2.05) is 78.9 Å². The Kier molecular flexibility index (Phi) is 9.73. The predicted molar refractivity (Wildman–Crippen MR) is 170 cm³/mol. The summed E-state index contributed by atoms with van der Waals surface area (Å²) in [6.07, 6.45) is 8.56. The molecule has 3 unspecified atom stereocenters. The van der Waals surface area contributed by atoms with Gasteiger partial charge in [-0.15, -0.1) is 6.58 Å². The van der Waals surface area contributed by atoms with Gasteiger partial charge in [-0.2, -0.15) is 0 Å². The lowest BCUT2D eigenvalue weighted by Crippen LogP contribution is -2.43. The van der Waals surface area contributed by atoms with Crippen molar-refractivity contribution in [3.05, 3.63) is 120 Å².